The molecule has 5 heteroatoms. The third kappa shape index (κ3) is 7.05. The van der Waals surface area contributed by atoms with E-state index >= 15 is 0 Å². The summed E-state index contributed by atoms with van der Waals surface area (Å²) in [7, 11) is 3.20. The fraction of sp³-hybridized carbons (Fsp3) is 0.318. The van der Waals surface area contributed by atoms with E-state index in [1.807, 2.05) is 49.4 Å². The van der Waals surface area contributed by atoms with Gasteiger partial charge in [0.15, 0.2) is 0 Å². The van der Waals surface area contributed by atoms with Crippen molar-refractivity contribution in [2.24, 2.45) is 0 Å². The minimum Gasteiger partial charge on any atom is -0.497 e. The molecule has 0 radical (unpaired) electrons. The Kier molecular flexibility index (Phi) is 8.23. The number of hydrogen-bond donors (Lipinski definition) is 1. The van der Waals surface area contributed by atoms with Gasteiger partial charge in [0.1, 0.15) is 17.2 Å². The van der Waals surface area contributed by atoms with E-state index < -0.39 is 0 Å². The molecule has 0 saturated carbocycles. The number of ether oxygens (including phenoxy) is 3. The predicted octanol–water partition coefficient (Wildman–Crippen LogP) is 4.00. The number of amides is 1. The minimum absolute atomic E-state index is 0.140. The Morgan fingerprint density at radius 2 is 1.74 bits per heavy atom. The van der Waals surface area contributed by atoms with Gasteiger partial charge in [-0.2, -0.15) is 0 Å². The summed E-state index contributed by atoms with van der Waals surface area (Å²) in [6.07, 6.45) is 4.95. The standard InChI is InChI=1S/C22H27NO4/c1-17-6-9-19(10-7-17)27-15-5-4-14-23-22(24)13-8-18-16-20(25-2)11-12-21(18)26-3/h6-13,16H,4-5,14-15H2,1-3H3,(H,23,24). The Labute approximate surface area is 161 Å². The lowest BCUT2D eigenvalue weighted by Crippen LogP contribution is -2.22. The monoisotopic (exact) mass is 369 g/mol. The van der Waals surface area contributed by atoms with E-state index in [2.05, 4.69) is 5.32 Å². The number of nitrogens with one attached hydrogen (secondary N) is 1. The van der Waals surface area contributed by atoms with Crippen LogP contribution in [-0.4, -0.2) is 33.3 Å². The second kappa shape index (κ2) is 10.9. The van der Waals surface area contributed by atoms with Crippen LogP contribution in [0.4, 0.5) is 0 Å². The summed E-state index contributed by atoms with van der Waals surface area (Å²) in [5, 5.41) is 2.87. The van der Waals surface area contributed by atoms with Crippen molar-refractivity contribution in [1.29, 1.82) is 0 Å². The van der Waals surface area contributed by atoms with E-state index in [-0.39, 0.29) is 5.91 Å². The van der Waals surface area contributed by atoms with Gasteiger partial charge in [0.05, 0.1) is 20.8 Å². The first-order valence-corrected chi connectivity index (χ1v) is 9.00. The van der Waals surface area contributed by atoms with Crippen LogP contribution in [0.1, 0.15) is 24.0 Å². The molecule has 2 rings (SSSR count). The molecule has 5 nitrogen and oxygen atoms in total. The van der Waals surface area contributed by atoms with Crippen LogP contribution in [0.25, 0.3) is 6.08 Å². The molecule has 0 aliphatic heterocycles. The van der Waals surface area contributed by atoms with Crippen LogP contribution in [0, 0.1) is 6.92 Å². The summed E-state index contributed by atoms with van der Waals surface area (Å²) in [6, 6.07) is 13.4. The van der Waals surface area contributed by atoms with Gasteiger partial charge >= 0.3 is 0 Å². The first-order chi connectivity index (χ1) is 13.1. The van der Waals surface area contributed by atoms with E-state index in [4.69, 9.17) is 14.2 Å². The predicted molar refractivity (Wildman–Crippen MR) is 107 cm³/mol. The second-order valence-electron chi connectivity index (χ2n) is 6.10. The van der Waals surface area contributed by atoms with E-state index in [0.29, 0.717) is 24.7 Å². The molecule has 2 aromatic rings. The number of aryl methyl sites for hydroxylation is 1. The number of benzene rings is 2. The van der Waals surface area contributed by atoms with Gasteiger partial charge < -0.3 is 19.5 Å². The van der Waals surface area contributed by atoms with Crippen molar-refractivity contribution < 1.29 is 19.0 Å². The molecule has 0 atom stereocenters. The summed E-state index contributed by atoms with van der Waals surface area (Å²) in [5.41, 5.74) is 2.00. The number of rotatable bonds is 10. The number of methoxy groups -OCH3 is 2. The number of carbonyl (C=O) groups excluding carboxylic acids is 1. The number of unbranched alkanes of at least 4 members (excludes halogenated alkanes) is 1. The molecule has 144 valence electrons. The van der Waals surface area contributed by atoms with E-state index in [1.165, 1.54) is 11.6 Å². The van der Waals surface area contributed by atoms with Crippen LogP contribution in [0.2, 0.25) is 0 Å². The summed E-state index contributed by atoms with van der Waals surface area (Å²) in [5.74, 6) is 2.14. The molecule has 1 amide bonds. The summed E-state index contributed by atoms with van der Waals surface area (Å²) < 4.78 is 16.2. The molecular weight excluding hydrogens is 342 g/mol. The van der Waals surface area contributed by atoms with Gasteiger partial charge in [-0.25, -0.2) is 0 Å². The Bertz CT molecular complexity index is 753. The van der Waals surface area contributed by atoms with Crippen molar-refractivity contribution in [3.8, 4) is 17.2 Å². The molecule has 1 N–H and O–H groups in total. The van der Waals surface area contributed by atoms with Gasteiger partial charge in [-0.3, -0.25) is 4.79 Å². The maximum absolute atomic E-state index is 12.0. The molecule has 0 spiro atoms. The van der Waals surface area contributed by atoms with Crippen LogP contribution >= 0.6 is 0 Å². The van der Waals surface area contributed by atoms with Crippen LogP contribution in [0.3, 0.4) is 0 Å². The summed E-state index contributed by atoms with van der Waals surface area (Å²) in [6.45, 7) is 3.29. The topological polar surface area (TPSA) is 56.8 Å². The molecule has 0 heterocycles. The molecular formula is C22H27NO4. The number of carbonyl (C=O) groups is 1. The lowest BCUT2D eigenvalue weighted by Gasteiger charge is -2.07. The largest absolute Gasteiger partial charge is 0.497 e. The molecule has 0 aliphatic rings. The van der Waals surface area contributed by atoms with E-state index in [0.717, 1.165) is 24.2 Å². The molecule has 2 aromatic carbocycles. The second-order valence-corrected chi connectivity index (χ2v) is 6.10. The van der Waals surface area contributed by atoms with E-state index in [9.17, 15) is 4.79 Å². The maximum atomic E-state index is 12.0. The zero-order valence-corrected chi connectivity index (χ0v) is 16.2. The van der Waals surface area contributed by atoms with Crippen LogP contribution < -0.4 is 19.5 Å². The first-order valence-electron chi connectivity index (χ1n) is 9.00. The number of hydrogen-bond acceptors (Lipinski definition) is 4. The highest BCUT2D eigenvalue weighted by Gasteiger charge is 2.03. The molecule has 0 aromatic heterocycles. The highest BCUT2D eigenvalue weighted by atomic mass is 16.5. The van der Waals surface area contributed by atoms with Gasteiger partial charge in [0.2, 0.25) is 5.91 Å². The van der Waals surface area contributed by atoms with Gasteiger partial charge in [0.25, 0.3) is 0 Å². The Morgan fingerprint density at radius 3 is 2.44 bits per heavy atom. The van der Waals surface area contributed by atoms with Crippen molar-refractivity contribution in [3.05, 3.63) is 59.7 Å². The van der Waals surface area contributed by atoms with Crippen LogP contribution in [0.15, 0.2) is 48.5 Å². The van der Waals surface area contributed by atoms with Crippen molar-refractivity contribution in [2.45, 2.75) is 19.8 Å². The molecule has 0 bridgehead atoms. The normalized spacial score (nSPS) is 10.6. The van der Waals surface area contributed by atoms with Crippen LogP contribution in [0.5, 0.6) is 17.2 Å². The fourth-order valence-corrected chi connectivity index (χ4v) is 2.46. The van der Waals surface area contributed by atoms with E-state index in [1.54, 1.807) is 20.3 Å². The van der Waals surface area contributed by atoms with Gasteiger partial charge in [-0.15, -0.1) is 0 Å². The van der Waals surface area contributed by atoms with Gasteiger partial charge in [-0.1, -0.05) is 17.7 Å². The zero-order valence-electron chi connectivity index (χ0n) is 16.2. The van der Waals surface area contributed by atoms with Crippen molar-refractivity contribution in [3.63, 3.8) is 0 Å². The molecule has 0 aliphatic carbocycles. The smallest absolute Gasteiger partial charge is 0.244 e. The summed E-state index contributed by atoms with van der Waals surface area (Å²) >= 11 is 0. The zero-order chi connectivity index (χ0) is 19.5. The Morgan fingerprint density at radius 1 is 1.00 bits per heavy atom. The SMILES string of the molecule is COc1ccc(OC)c(C=CC(=O)NCCCCOc2ccc(C)cc2)c1. The Balaban J connectivity index is 1.68. The molecule has 0 unspecified atom stereocenters. The van der Waals surface area contributed by atoms with Gasteiger partial charge in [0, 0.05) is 18.2 Å². The third-order valence-corrected chi connectivity index (χ3v) is 4.01. The minimum atomic E-state index is -0.140. The van der Waals surface area contributed by atoms with Crippen molar-refractivity contribution >= 4 is 12.0 Å². The average Bonchev–Trinajstić information content (AvgIpc) is 2.70. The van der Waals surface area contributed by atoms with Crippen molar-refractivity contribution in [1.82, 2.24) is 5.32 Å². The molecule has 0 fully saturated rings. The Hall–Kier alpha value is -2.95. The molecule has 27 heavy (non-hydrogen) atoms. The maximum Gasteiger partial charge on any atom is 0.244 e. The quantitative estimate of drug-likeness (QED) is 0.508. The molecule has 0 saturated heterocycles. The highest BCUT2D eigenvalue weighted by molar-refractivity contribution is 5.92. The fourth-order valence-electron chi connectivity index (χ4n) is 2.46. The lowest BCUT2D eigenvalue weighted by molar-refractivity contribution is -0.116. The average molecular weight is 369 g/mol. The lowest BCUT2D eigenvalue weighted by atomic mass is 10.1. The van der Waals surface area contributed by atoms with Crippen molar-refractivity contribution in [2.75, 3.05) is 27.4 Å². The highest BCUT2D eigenvalue weighted by Crippen LogP contribution is 2.24. The van der Waals surface area contributed by atoms with Gasteiger partial charge in [-0.05, 0) is 56.2 Å². The third-order valence-electron chi connectivity index (χ3n) is 4.01. The summed E-state index contributed by atoms with van der Waals surface area (Å²) in [4.78, 5) is 12.0. The first kappa shape index (κ1) is 20.4. The van der Waals surface area contributed by atoms with Crippen LogP contribution in [-0.2, 0) is 4.79 Å².